The predicted octanol–water partition coefficient (Wildman–Crippen LogP) is 2.09. The van der Waals surface area contributed by atoms with Crippen molar-refractivity contribution in [3.63, 3.8) is 0 Å². The lowest BCUT2D eigenvalue weighted by Crippen LogP contribution is -2.01. The van der Waals surface area contributed by atoms with E-state index in [1.54, 1.807) is 31.4 Å². The second kappa shape index (κ2) is 5.30. The highest BCUT2D eigenvalue weighted by atomic mass is 32.2. The summed E-state index contributed by atoms with van der Waals surface area (Å²) in [5.41, 5.74) is 0.605. The summed E-state index contributed by atoms with van der Waals surface area (Å²) in [7, 11) is 1.57. The summed E-state index contributed by atoms with van der Waals surface area (Å²) in [6.45, 7) is 0. The number of nitrogens with zero attached hydrogens (tertiary/aromatic N) is 1. The number of methoxy groups -OCH3 is 1. The minimum atomic E-state index is -0.0424. The number of rotatable bonds is 4. The summed E-state index contributed by atoms with van der Waals surface area (Å²) in [5.74, 6) is 0.872. The number of ketones is 1. The van der Waals surface area contributed by atoms with Gasteiger partial charge in [0.1, 0.15) is 11.2 Å². The fourth-order valence-corrected chi connectivity index (χ4v) is 1.32. The molecule has 0 aromatic heterocycles. The Bertz CT molecular complexity index is 353. The van der Waals surface area contributed by atoms with Crippen molar-refractivity contribution in [2.45, 2.75) is 0 Å². The third-order valence-corrected chi connectivity index (χ3v) is 2.22. The first-order valence-corrected chi connectivity index (χ1v) is 4.94. The molecule has 0 bridgehead atoms. The molecular weight excluding hydrogens is 198 g/mol. The van der Waals surface area contributed by atoms with Gasteiger partial charge in [-0.25, -0.2) is 0 Å². The van der Waals surface area contributed by atoms with Crippen molar-refractivity contribution in [3.8, 4) is 11.2 Å². The normalized spacial score (nSPS) is 9.14. The molecule has 0 amide bonds. The number of Topliss-reactive ketones (excluding diaryl/α,β-unsaturated/α-hetero) is 1. The largest absolute Gasteiger partial charge is 0.497 e. The number of ether oxygens (including phenoxy) is 1. The summed E-state index contributed by atoms with van der Waals surface area (Å²) < 4.78 is 4.96. The van der Waals surface area contributed by atoms with Gasteiger partial charge in [-0.15, -0.1) is 0 Å². The fourth-order valence-electron chi connectivity index (χ4n) is 0.958. The molecule has 72 valence electrons. The SMILES string of the molecule is COc1ccc(C(=O)CSC#N)cc1. The van der Waals surface area contributed by atoms with Crippen molar-refractivity contribution in [1.29, 1.82) is 5.26 Å². The van der Waals surface area contributed by atoms with Crippen LogP contribution in [0.1, 0.15) is 10.4 Å². The number of carbonyl (C=O) groups is 1. The van der Waals surface area contributed by atoms with Crippen molar-refractivity contribution >= 4 is 17.5 Å². The highest BCUT2D eigenvalue weighted by molar-refractivity contribution is 8.04. The Morgan fingerprint density at radius 3 is 2.64 bits per heavy atom. The molecule has 0 fully saturated rings. The molecule has 14 heavy (non-hydrogen) atoms. The van der Waals surface area contributed by atoms with Crippen molar-refractivity contribution in [1.82, 2.24) is 0 Å². The maximum absolute atomic E-state index is 11.4. The monoisotopic (exact) mass is 207 g/mol. The standard InChI is InChI=1S/C10H9NO2S/c1-13-9-4-2-8(3-5-9)10(12)6-14-7-11/h2-5H,6H2,1H3. The van der Waals surface area contributed by atoms with Gasteiger partial charge >= 0.3 is 0 Å². The summed E-state index contributed by atoms with van der Waals surface area (Å²) in [5, 5.41) is 10.1. The second-order valence-corrected chi connectivity index (χ2v) is 3.29. The molecule has 0 N–H and O–H groups in total. The molecule has 1 aromatic rings. The zero-order chi connectivity index (χ0) is 10.4. The Morgan fingerprint density at radius 1 is 1.50 bits per heavy atom. The van der Waals surface area contributed by atoms with E-state index in [-0.39, 0.29) is 11.5 Å². The third-order valence-electron chi connectivity index (χ3n) is 1.68. The summed E-state index contributed by atoms with van der Waals surface area (Å²) in [6, 6.07) is 6.84. The number of thioether (sulfide) groups is 1. The number of benzene rings is 1. The fraction of sp³-hybridized carbons (Fsp3) is 0.200. The lowest BCUT2D eigenvalue weighted by atomic mass is 10.1. The van der Waals surface area contributed by atoms with Gasteiger partial charge in [0, 0.05) is 5.56 Å². The van der Waals surface area contributed by atoms with Crippen molar-refractivity contribution in [3.05, 3.63) is 29.8 Å². The van der Waals surface area contributed by atoms with Crippen LogP contribution in [-0.4, -0.2) is 18.6 Å². The molecular formula is C10H9NO2S. The molecule has 0 aliphatic heterocycles. The summed E-state index contributed by atoms with van der Waals surface area (Å²) in [4.78, 5) is 11.4. The second-order valence-electron chi connectivity index (χ2n) is 2.53. The average molecular weight is 207 g/mol. The molecule has 1 rings (SSSR count). The molecule has 0 aliphatic rings. The Morgan fingerprint density at radius 2 is 2.14 bits per heavy atom. The van der Waals surface area contributed by atoms with Gasteiger partial charge in [-0.05, 0) is 36.0 Å². The highest BCUT2D eigenvalue weighted by Gasteiger charge is 2.05. The first-order valence-electron chi connectivity index (χ1n) is 3.96. The molecule has 4 heteroatoms. The minimum absolute atomic E-state index is 0.0424. The highest BCUT2D eigenvalue weighted by Crippen LogP contribution is 2.13. The van der Waals surface area contributed by atoms with Crippen LogP contribution in [0.25, 0.3) is 0 Å². The van der Waals surface area contributed by atoms with Crippen LogP contribution >= 0.6 is 11.8 Å². The van der Waals surface area contributed by atoms with Crippen LogP contribution < -0.4 is 4.74 Å². The zero-order valence-electron chi connectivity index (χ0n) is 7.69. The molecule has 0 unspecified atom stereocenters. The summed E-state index contributed by atoms with van der Waals surface area (Å²) in [6.07, 6.45) is 0. The number of carbonyl (C=O) groups excluding carboxylic acids is 1. The lowest BCUT2D eigenvalue weighted by Gasteiger charge is -2.00. The Labute approximate surface area is 86.7 Å². The first-order chi connectivity index (χ1) is 6.77. The van der Waals surface area contributed by atoms with Crippen molar-refractivity contribution < 1.29 is 9.53 Å². The van der Waals surface area contributed by atoms with Gasteiger partial charge < -0.3 is 4.74 Å². The molecule has 1 aromatic carbocycles. The van der Waals surface area contributed by atoms with Crippen LogP contribution in [0.3, 0.4) is 0 Å². The molecule has 3 nitrogen and oxygen atoms in total. The van der Waals surface area contributed by atoms with Crippen LogP contribution in [0, 0.1) is 10.7 Å². The van der Waals surface area contributed by atoms with Crippen LogP contribution in [0.4, 0.5) is 0 Å². The van der Waals surface area contributed by atoms with E-state index in [9.17, 15) is 4.79 Å². The molecule has 0 radical (unpaired) electrons. The smallest absolute Gasteiger partial charge is 0.173 e. The van der Waals surface area contributed by atoms with E-state index in [1.807, 2.05) is 5.40 Å². The van der Waals surface area contributed by atoms with Gasteiger partial charge in [0.25, 0.3) is 0 Å². The van der Waals surface area contributed by atoms with Gasteiger partial charge in [0.15, 0.2) is 5.78 Å². The van der Waals surface area contributed by atoms with Crippen molar-refractivity contribution in [2.75, 3.05) is 12.9 Å². The third kappa shape index (κ3) is 2.79. The van der Waals surface area contributed by atoms with E-state index >= 15 is 0 Å². The topological polar surface area (TPSA) is 50.1 Å². The van der Waals surface area contributed by atoms with Crippen LogP contribution in [-0.2, 0) is 0 Å². The number of hydrogen-bond donors (Lipinski definition) is 0. The van der Waals surface area contributed by atoms with Gasteiger partial charge in [-0.1, -0.05) is 0 Å². The van der Waals surface area contributed by atoms with E-state index in [0.29, 0.717) is 5.56 Å². The molecule has 0 saturated carbocycles. The summed E-state index contributed by atoms with van der Waals surface area (Å²) >= 11 is 0.946. The molecule has 0 aliphatic carbocycles. The van der Waals surface area contributed by atoms with Crippen LogP contribution in [0.2, 0.25) is 0 Å². The molecule has 0 atom stereocenters. The van der Waals surface area contributed by atoms with E-state index in [4.69, 9.17) is 10.00 Å². The maximum atomic E-state index is 11.4. The Hall–Kier alpha value is -1.47. The minimum Gasteiger partial charge on any atom is -0.497 e. The molecule has 0 spiro atoms. The number of nitriles is 1. The Kier molecular flexibility index (Phi) is 4.02. The van der Waals surface area contributed by atoms with Crippen molar-refractivity contribution in [2.24, 2.45) is 0 Å². The van der Waals surface area contributed by atoms with Crippen LogP contribution in [0.5, 0.6) is 5.75 Å². The predicted molar refractivity (Wildman–Crippen MR) is 55.4 cm³/mol. The zero-order valence-corrected chi connectivity index (χ0v) is 8.50. The molecule has 0 saturated heterocycles. The van der Waals surface area contributed by atoms with Gasteiger partial charge in [-0.2, -0.15) is 5.26 Å². The number of thiocyanates is 1. The van der Waals surface area contributed by atoms with E-state index < -0.39 is 0 Å². The molecule has 0 heterocycles. The Balaban J connectivity index is 2.67. The van der Waals surface area contributed by atoms with E-state index in [1.165, 1.54) is 0 Å². The van der Waals surface area contributed by atoms with E-state index in [2.05, 4.69) is 0 Å². The maximum Gasteiger partial charge on any atom is 0.173 e. The van der Waals surface area contributed by atoms with Gasteiger partial charge in [-0.3, -0.25) is 4.79 Å². The number of hydrogen-bond acceptors (Lipinski definition) is 4. The quantitative estimate of drug-likeness (QED) is 0.560. The first kappa shape index (κ1) is 10.6. The van der Waals surface area contributed by atoms with Gasteiger partial charge in [0.05, 0.1) is 12.9 Å². The van der Waals surface area contributed by atoms with Crippen LogP contribution in [0.15, 0.2) is 24.3 Å². The van der Waals surface area contributed by atoms with E-state index in [0.717, 1.165) is 17.5 Å². The average Bonchev–Trinajstić information content (AvgIpc) is 2.26. The van der Waals surface area contributed by atoms with Gasteiger partial charge in [0.2, 0.25) is 0 Å². The lowest BCUT2D eigenvalue weighted by molar-refractivity contribution is 0.102.